The molecule has 1 aromatic heterocycles. The fraction of sp³-hybridized carbons (Fsp3) is 0.167. The van der Waals surface area contributed by atoms with Gasteiger partial charge in [-0.1, -0.05) is 0 Å². The maximum Gasteiger partial charge on any atom is 0.0374 e. The monoisotopic (exact) mass is 111 g/mol. The van der Waals surface area contributed by atoms with Crippen LogP contribution in [0.25, 0.3) is 0 Å². The van der Waals surface area contributed by atoms with Crippen LogP contribution in [0, 0.1) is 6.85 Å². The molecule has 0 aliphatic heterocycles. The van der Waals surface area contributed by atoms with Crippen LogP contribution >= 0.6 is 0 Å². The molecule has 8 heavy (non-hydrogen) atoms. The summed E-state index contributed by atoms with van der Waals surface area (Å²) in [5.74, 6) is 0. The van der Waals surface area contributed by atoms with Gasteiger partial charge >= 0.3 is 0 Å². The van der Waals surface area contributed by atoms with Crippen molar-refractivity contribution in [3.05, 3.63) is 24.0 Å². The summed E-state index contributed by atoms with van der Waals surface area (Å²) < 4.78 is 21.1. The van der Waals surface area contributed by atoms with Gasteiger partial charge in [-0.15, -0.1) is 0 Å². The molecular formula is C6H8N2. The lowest BCUT2D eigenvalue weighted by Crippen LogP contribution is -1.87. The average molecular weight is 111 g/mol. The van der Waals surface area contributed by atoms with Gasteiger partial charge in [-0.05, 0) is 18.5 Å². The van der Waals surface area contributed by atoms with Crippen molar-refractivity contribution in [1.82, 2.24) is 4.98 Å². The Kier molecular flexibility index (Phi) is 0.565. The Labute approximate surface area is 52.6 Å². The van der Waals surface area contributed by atoms with Gasteiger partial charge in [0.15, 0.2) is 0 Å². The smallest absolute Gasteiger partial charge is 0.0374 e. The van der Waals surface area contributed by atoms with Crippen molar-refractivity contribution in [1.29, 1.82) is 0 Å². The molecule has 2 heteroatoms. The predicted molar refractivity (Wildman–Crippen MR) is 33.4 cm³/mol. The number of nitrogens with two attached hydrogens (primary N) is 1. The van der Waals surface area contributed by atoms with Gasteiger partial charge in [0.25, 0.3) is 0 Å². The largest absolute Gasteiger partial charge is 0.398 e. The number of rotatable bonds is 0. The van der Waals surface area contributed by atoms with E-state index in [1.54, 1.807) is 0 Å². The SMILES string of the molecule is [2H]C([2H])([2H])c1cnccc1N. The summed E-state index contributed by atoms with van der Waals surface area (Å²) >= 11 is 0. The van der Waals surface area contributed by atoms with Gasteiger partial charge in [0.1, 0.15) is 0 Å². The lowest BCUT2D eigenvalue weighted by atomic mass is 10.3. The van der Waals surface area contributed by atoms with Crippen molar-refractivity contribution in [3.63, 3.8) is 0 Å². The molecule has 0 fully saturated rings. The Morgan fingerprint density at radius 3 is 3.25 bits per heavy atom. The van der Waals surface area contributed by atoms with Crippen LogP contribution < -0.4 is 5.73 Å². The average Bonchev–Trinajstić information content (AvgIpc) is 1.86. The van der Waals surface area contributed by atoms with E-state index in [9.17, 15) is 0 Å². The molecule has 0 unspecified atom stereocenters. The maximum absolute atomic E-state index is 7.03. The molecule has 0 atom stereocenters. The molecule has 0 aromatic carbocycles. The summed E-state index contributed by atoms with van der Waals surface area (Å²) in [6, 6.07) is 1.47. The summed E-state index contributed by atoms with van der Waals surface area (Å²) in [6.45, 7) is -2.15. The molecule has 0 aliphatic rings. The maximum atomic E-state index is 7.03. The van der Waals surface area contributed by atoms with E-state index in [2.05, 4.69) is 4.98 Å². The van der Waals surface area contributed by atoms with Crippen molar-refractivity contribution in [2.75, 3.05) is 5.73 Å². The molecule has 2 N–H and O–H groups in total. The lowest BCUT2D eigenvalue weighted by molar-refractivity contribution is 1.27. The summed E-state index contributed by atoms with van der Waals surface area (Å²) in [4.78, 5) is 3.67. The molecule has 1 rings (SSSR count). The molecule has 0 amide bonds. The van der Waals surface area contributed by atoms with Gasteiger partial charge in [-0.2, -0.15) is 0 Å². The van der Waals surface area contributed by atoms with Crippen molar-refractivity contribution in [2.24, 2.45) is 0 Å². The summed E-state index contributed by atoms with van der Waals surface area (Å²) in [5.41, 5.74) is 5.78. The van der Waals surface area contributed by atoms with Crippen molar-refractivity contribution in [3.8, 4) is 0 Å². The molecular weight excluding hydrogens is 100 g/mol. The van der Waals surface area contributed by atoms with Crippen LogP contribution in [0.1, 0.15) is 9.68 Å². The van der Waals surface area contributed by atoms with E-state index in [1.807, 2.05) is 0 Å². The number of hydrogen-bond donors (Lipinski definition) is 1. The highest BCUT2D eigenvalue weighted by Crippen LogP contribution is 2.04. The molecule has 0 radical (unpaired) electrons. The molecule has 0 saturated heterocycles. The second-order valence-electron chi connectivity index (χ2n) is 1.46. The predicted octanol–water partition coefficient (Wildman–Crippen LogP) is 0.972. The van der Waals surface area contributed by atoms with Gasteiger partial charge in [0.05, 0.1) is 0 Å². The highest BCUT2D eigenvalue weighted by Gasteiger charge is 1.85. The van der Waals surface area contributed by atoms with E-state index in [1.165, 1.54) is 18.5 Å². The minimum atomic E-state index is -2.15. The highest BCUT2D eigenvalue weighted by molar-refractivity contribution is 5.42. The van der Waals surface area contributed by atoms with Gasteiger partial charge in [-0.3, -0.25) is 4.98 Å². The minimum absolute atomic E-state index is 0.111. The van der Waals surface area contributed by atoms with Crippen LogP contribution in [0.15, 0.2) is 18.5 Å². The van der Waals surface area contributed by atoms with Gasteiger partial charge in [0.2, 0.25) is 0 Å². The molecule has 1 aromatic rings. The van der Waals surface area contributed by atoms with Gasteiger partial charge in [0, 0.05) is 22.2 Å². The Morgan fingerprint density at radius 1 is 1.88 bits per heavy atom. The topological polar surface area (TPSA) is 38.9 Å². The second-order valence-corrected chi connectivity index (χ2v) is 1.46. The first-order chi connectivity index (χ1) is 5.02. The number of pyridine rings is 1. The third-order valence-corrected chi connectivity index (χ3v) is 0.855. The van der Waals surface area contributed by atoms with E-state index < -0.39 is 6.85 Å². The fourth-order valence-electron chi connectivity index (χ4n) is 0.405. The molecule has 0 bridgehead atoms. The van der Waals surface area contributed by atoms with Crippen molar-refractivity contribution >= 4 is 5.69 Å². The Hall–Kier alpha value is -1.05. The quantitative estimate of drug-likeness (QED) is 0.541. The van der Waals surface area contributed by atoms with Crippen LogP contribution in [0.4, 0.5) is 5.69 Å². The second kappa shape index (κ2) is 1.82. The molecule has 1 heterocycles. The van der Waals surface area contributed by atoms with E-state index >= 15 is 0 Å². The van der Waals surface area contributed by atoms with E-state index in [-0.39, 0.29) is 11.3 Å². The summed E-state index contributed by atoms with van der Waals surface area (Å²) in [5, 5.41) is 0. The molecule has 0 spiro atoms. The van der Waals surface area contributed by atoms with Crippen LogP contribution in [-0.2, 0) is 0 Å². The number of hydrogen-bond acceptors (Lipinski definition) is 2. The zero-order valence-electron chi connectivity index (χ0n) is 7.26. The number of aromatic nitrogens is 1. The fourth-order valence-corrected chi connectivity index (χ4v) is 0.405. The highest BCUT2D eigenvalue weighted by atomic mass is 14.7. The van der Waals surface area contributed by atoms with E-state index in [4.69, 9.17) is 9.85 Å². The summed E-state index contributed by atoms with van der Waals surface area (Å²) in [7, 11) is 0. The normalized spacial score (nSPS) is 16.2. The third-order valence-electron chi connectivity index (χ3n) is 0.855. The minimum Gasteiger partial charge on any atom is -0.398 e. The number of aryl methyl sites for hydroxylation is 1. The zero-order chi connectivity index (χ0) is 8.48. The van der Waals surface area contributed by atoms with Crippen LogP contribution in [-0.4, -0.2) is 4.98 Å². The Morgan fingerprint density at radius 2 is 2.75 bits per heavy atom. The lowest BCUT2D eigenvalue weighted by Gasteiger charge is -1.93. The Balaban J connectivity index is 3.14. The first-order valence-corrected chi connectivity index (χ1v) is 2.22. The van der Waals surface area contributed by atoms with Gasteiger partial charge < -0.3 is 5.73 Å². The Bertz CT molecular complexity index is 256. The number of anilines is 1. The van der Waals surface area contributed by atoms with E-state index in [0.717, 1.165) is 0 Å². The molecule has 42 valence electrons. The van der Waals surface area contributed by atoms with Crippen LogP contribution in [0.2, 0.25) is 0 Å². The third kappa shape index (κ3) is 0.780. The van der Waals surface area contributed by atoms with Crippen molar-refractivity contribution < 1.29 is 4.11 Å². The molecule has 0 aliphatic carbocycles. The van der Waals surface area contributed by atoms with E-state index in [0.29, 0.717) is 0 Å². The first kappa shape index (κ1) is 2.49. The molecule has 0 saturated carbocycles. The summed E-state index contributed by atoms with van der Waals surface area (Å²) in [6.07, 6.45) is 2.73. The zero-order valence-corrected chi connectivity index (χ0v) is 4.26. The molecule has 2 nitrogen and oxygen atoms in total. The first-order valence-electron chi connectivity index (χ1n) is 3.72. The van der Waals surface area contributed by atoms with Crippen LogP contribution in [0.3, 0.4) is 0 Å². The number of nitrogens with zero attached hydrogens (tertiary/aromatic N) is 1. The number of nitrogen functional groups attached to an aromatic ring is 1. The van der Waals surface area contributed by atoms with Crippen molar-refractivity contribution in [2.45, 2.75) is 6.85 Å². The van der Waals surface area contributed by atoms with Gasteiger partial charge in [-0.25, -0.2) is 0 Å². The van der Waals surface area contributed by atoms with Crippen LogP contribution in [0.5, 0.6) is 0 Å². The standard InChI is InChI=1S/C6H8N2/c1-5-4-8-3-2-6(5)7/h2-4H,1H3,(H2,7,8)/i1D3.